The van der Waals surface area contributed by atoms with Gasteiger partial charge in [0, 0.05) is 13.1 Å². The summed E-state index contributed by atoms with van der Waals surface area (Å²) in [6.07, 6.45) is 4.97. The number of amides is 2. The van der Waals surface area contributed by atoms with Gasteiger partial charge in [0.25, 0.3) is 0 Å². The maximum absolute atomic E-state index is 12.5. The van der Waals surface area contributed by atoms with Crippen LogP contribution in [0, 0.1) is 11.8 Å². The highest BCUT2D eigenvalue weighted by Gasteiger charge is 2.48. The number of hydrogen-bond acceptors (Lipinski definition) is 3. The maximum Gasteiger partial charge on any atom is 0.234 e. The number of fused-ring (bicyclic) bond motifs is 2. The third kappa shape index (κ3) is 2.26. The summed E-state index contributed by atoms with van der Waals surface area (Å²) in [4.78, 5) is 28.9. The normalized spacial score (nSPS) is 28.6. The first-order valence-corrected chi connectivity index (χ1v) is 8.38. The molecule has 1 aromatic rings. The molecule has 1 aromatic carbocycles. The van der Waals surface area contributed by atoms with Crippen LogP contribution in [-0.4, -0.2) is 34.8 Å². The van der Waals surface area contributed by atoms with E-state index in [1.165, 1.54) is 16.0 Å². The Labute approximate surface area is 131 Å². The van der Waals surface area contributed by atoms with E-state index in [1.54, 1.807) is 0 Å². The molecule has 22 heavy (non-hydrogen) atoms. The Hall–Kier alpha value is -1.68. The number of hydrogen-bond donors (Lipinski definition) is 0. The molecule has 2 amide bonds. The van der Waals surface area contributed by atoms with E-state index >= 15 is 0 Å². The molecule has 2 fully saturated rings. The van der Waals surface area contributed by atoms with Gasteiger partial charge in [-0.3, -0.25) is 19.4 Å². The lowest BCUT2D eigenvalue weighted by Gasteiger charge is -2.31. The van der Waals surface area contributed by atoms with Crippen LogP contribution in [0.2, 0.25) is 0 Å². The van der Waals surface area contributed by atoms with Crippen LogP contribution in [-0.2, 0) is 22.6 Å². The standard InChI is InChI=1S/C18H22N2O2/c21-17-15-7-3-4-8-16(15)18(22)20(17)12-19-10-9-13-5-1-2-6-14(13)11-19/h1-2,5-6,15-16H,3-4,7-12H2/t15-,16-/m0/s1. The Balaban J connectivity index is 1.48. The minimum absolute atomic E-state index is 0.0293. The minimum atomic E-state index is -0.0293. The number of carbonyl (C=O) groups is 2. The highest BCUT2D eigenvalue weighted by molar-refractivity contribution is 6.05. The molecule has 1 saturated heterocycles. The van der Waals surface area contributed by atoms with Crippen molar-refractivity contribution >= 4 is 11.8 Å². The number of nitrogens with zero attached hydrogens (tertiary/aromatic N) is 2. The maximum atomic E-state index is 12.5. The minimum Gasteiger partial charge on any atom is -0.281 e. The number of likely N-dealkylation sites (tertiary alicyclic amines) is 1. The zero-order chi connectivity index (χ0) is 15.1. The summed E-state index contributed by atoms with van der Waals surface area (Å²) >= 11 is 0. The average molecular weight is 298 g/mol. The van der Waals surface area contributed by atoms with E-state index in [0.717, 1.165) is 45.2 Å². The van der Waals surface area contributed by atoms with Crippen LogP contribution >= 0.6 is 0 Å². The van der Waals surface area contributed by atoms with Gasteiger partial charge in [-0.15, -0.1) is 0 Å². The van der Waals surface area contributed by atoms with Crippen molar-refractivity contribution in [1.29, 1.82) is 0 Å². The van der Waals surface area contributed by atoms with Gasteiger partial charge in [-0.05, 0) is 30.4 Å². The van der Waals surface area contributed by atoms with Gasteiger partial charge in [0.05, 0.1) is 18.5 Å². The zero-order valence-corrected chi connectivity index (χ0v) is 12.8. The SMILES string of the molecule is O=C1[C@H]2CCCC[C@@H]2C(=O)N1CN1CCc2ccccc2C1. The van der Waals surface area contributed by atoms with Gasteiger partial charge in [-0.2, -0.15) is 0 Å². The van der Waals surface area contributed by atoms with E-state index in [1.807, 2.05) is 0 Å². The average Bonchev–Trinajstić information content (AvgIpc) is 2.80. The zero-order valence-electron chi connectivity index (χ0n) is 12.8. The number of rotatable bonds is 2. The van der Waals surface area contributed by atoms with E-state index in [9.17, 15) is 9.59 Å². The lowest BCUT2D eigenvalue weighted by atomic mass is 9.81. The molecule has 2 aliphatic heterocycles. The molecule has 0 N–H and O–H groups in total. The summed E-state index contributed by atoms with van der Waals surface area (Å²) in [7, 11) is 0. The van der Waals surface area contributed by atoms with Gasteiger partial charge in [0.2, 0.25) is 11.8 Å². The Bertz CT molecular complexity index is 589. The molecule has 0 aromatic heterocycles. The van der Waals surface area contributed by atoms with E-state index in [0.29, 0.717) is 6.67 Å². The first-order valence-electron chi connectivity index (χ1n) is 8.38. The molecule has 0 unspecified atom stereocenters. The van der Waals surface area contributed by atoms with Crippen LogP contribution in [0.3, 0.4) is 0 Å². The van der Waals surface area contributed by atoms with Gasteiger partial charge in [-0.25, -0.2) is 0 Å². The van der Waals surface area contributed by atoms with Gasteiger partial charge < -0.3 is 0 Å². The topological polar surface area (TPSA) is 40.6 Å². The molecule has 0 radical (unpaired) electrons. The fraction of sp³-hybridized carbons (Fsp3) is 0.556. The summed E-state index contributed by atoms with van der Waals surface area (Å²) in [5.74, 6) is 0.0961. The van der Waals surface area contributed by atoms with Crippen molar-refractivity contribution in [3.63, 3.8) is 0 Å². The van der Waals surface area contributed by atoms with Crippen LogP contribution in [0.4, 0.5) is 0 Å². The molecule has 0 bridgehead atoms. The summed E-state index contributed by atoms with van der Waals surface area (Å²) < 4.78 is 0. The van der Waals surface area contributed by atoms with Crippen molar-refractivity contribution in [2.45, 2.75) is 38.6 Å². The van der Waals surface area contributed by atoms with Crippen molar-refractivity contribution in [3.05, 3.63) is 35.4 Å². The first-order chi connectivity index (χ1) is 10.7. The molecular weight excluding hydrogens is 276 g/mol. The fourth-order valence-electron chi connectivity index (χ4n) is 4.25. The highest BCUT2D eigenvalue weighted by atomic mass is 16.2. The molecule has 1 aliphatic carbocycles. The molecule has 4 heteroatoms. The number of carbonyl (C=O) groups excluding carboxylic acids is 2. The molecule has 0 spiro atoms. The Kier molecular flexibility index (Phi) is 3.49. The van der Waals surface area contributed by atoms with E-state index in [4.69, 9.17) is 0 Å². The van der Waals surface area contributed by atoms with Crippen molar-refractivity contribution in [2.24, 2.45) is 11.8 Å². The molecule has 116 valence electrons. The van der Waals surface area contributed by atoms with Crippen LogP contribution < -0.4 is 0 Å². The fourth-order valence-corrected chi connectivity index (χ4v) is 4.25. The van der Waals surface area contributed by atoms with E-state index < -0.39 is 0 Å². The van der Waals surface area contributed by atoms with E-state index in [2.05, 4.69) is 29.2 Å². The van der Waals surface area contributed by atoms with Crippen molar-refractivity contribution in [2.75, 3.05) is 13.2 Å². The molecular formula is C18H22N2O2. The monoisotopic (exact) mass is 298 g/mol. The lowest BCUT2D eigenvalue weighted by Crippen LogP contribution is -2.43. The van der Waals surface area contributed by atoms with Crippen molar-refractivity contribution < 1.29 is 9.59 Å². The Morgan fingerprint density at radius 3 is 2.27 bits per heavy atom. The van der Waals surface area contributed by atoms with Gasteiger partial charge in [0.15, 0.2) is 0 Å². The predicted octanol–water partition coefficient (Wildman–Crippen LogP) is 2.18. The summed E-state index contributed by atoms with van der Waals surface area (Å²) in [5, 5.41) is 0. The third-order valence-electron chi connectivity index (χ3n) is 5.48. The van der Waals surface area contributed by atoms with E-state index in [-0.39, 0.29) is 23.7 Å². The largest absolute Gasteiger partial charge is 0.281 e. The number of imide groups is 1. The van der Waals surface area contributed by atoms with Gasteiger partial charge >= 0.3 is 0 Å². The smallest absolute Gasteiger partial charge is 0.234 e. The molecule has 1 saturated carbocycles. The molecule has 4 nitrogen and oxygen atoms in total. The quantitative estimate of drug-likeness (QED) is 0.786. The van der Waals surface area contributed by atoms with Crippen LogP contribution in [0.5, 0.6) is 0 Å². The second kappa shape index (κ2) is 5.51. The molecule has 3 aliphatic rings. The van der Waals surface area contributed by atoms with Crippen LogP contribution in [0.1, 0.15) is 36.8 Å². The van der Waals surface area contributed by atoms with Gasteiger partial charge in [0.1, 0.15) is 0 Å². The summed E-state index contributed by atoms with van der Waals surface area (Å²) in [6.45, 7) is 2.23. The summed E-state index contributed by atoms with van der Waals surface area (Å²) in [6, 6.07) is 8.46. The van der Waals surface area contributed by atoms with Crippen LogP contribution in [0.15, 0.2) is 24.3 Å². The second-order valence-electron chi connectivity index (χ2n) is 6.81. The Morgan fingerprint density at radius 2 is 1.59 bits per heavy atom. The highest BCUT2D eigenvalue weighted by Crippen LogP contribution is 2.38. The lowest BCUT2D eigenvalue weighted by molar-refractivity contribution is -0.142. The molecule has 2 atom stereocenters. The predicted molar refractivity (Wildman–Crippen MR) is 82.7 cm³/mol. The Morgan fingerprint density at radius 1 is 0.955 bits per heavy atom. The first kappa shape index (κ1) is 13.9. The summed E-state index contributed by atoms with van der Waals surface area (Å²) in [5.41, 5.74) is 2.72. The molecule has 4 rings (SSSR count). The molecule has 2 heterocycles. The number of benzene rings is 1. The third-order valence-corrected chi connectivity index (χ3v) is 5.48. The van der Waals surface area contributed by atoms with Crippen molar-refractivity contribution in [1.82, 2.24) is 9.80 Å². The second-order valence-corrected chi connectivity index (χ2v) is 6.81. The van der Waals surface area contributed by atoms with Crippen LogP contribution in [0.25, 0.3) is 0 Å². The van der Waals surface area contributed by atoms with Gasteiger partial charge in [-0.1, -0.05) is 37.1 Å². The van der Waals surface area contributed by atoms with Crippen molar-refractivity contribution in [3.8, 4) is 0 Å².